The van der Waals surface area contributed by atoms with Crippen LogP contribution in [-0.4, -0.2) is 42.1 Å². The molecule has 0 radical (unpaired) electrons. The Hall–Kier alpha value is -1.77. The van der Waals surface area contributed by atoms with Crippen LogP contribution in [0.2, 0.25) is 0 Å². The highest BCUT2D eigenvalue weighted by Crippen LogP contribution is 2.19. The van der Waals surface area contributed by atoms with Crippen molar-refractivity contribution >= 4 is 12.0 Å². The summed E-state index contributed by atoms with van der Waals surface area (Å²) in [6.45, 7) is 5.61. The predicted octanol–water partition coefficient (Wildman–Crippen LogP) is 1.29. The van der Waals surface area contributed by atoms with Gasteiger partial charge in [0.15, 0.2) is 0 Å². The van der Waals surface area contributed by atoms with Crippen molar-refractivity contribution in [3.8, 4) is 6.07 Å². The van der Waals surface area contributed by atoms with Gasteiger partial charge in [0.1, 0.15) is 0 Å². The lowest BCUT2D eigenvalue weighted by Crippen LogP contribution is -2.41. The molecule has 2 N–H and O–H groups in total. The molecule has 0 saturated heterocycles. The first-order chi connectivity index (χ1) is 8.20. The van der Waals surface area contributed by atoms with Gasteiger partial charge in [-0.1, -0.05) is 0 Å². The van der Waals surface area contributed by atoms with E-state index in [1.807, 2.05) is 6.07 Å². The highest BCUT2D eigenvalue weighted by atomic mass is 16.4. The number of amides is 2. The Balaban J connectivity index is 4.05. The number of nitriles is 1. The van der Waals surface area contributed by atoms with E-state index in [0.717, 1.165) is 0 Å². The monoisotopic (exact) mass is 255 g/mol. The average molecular weight is 255 g/mol. The number of aliphatic carboxylic acids is 1. The molecule has 0 bridgehead atoms. The first-order valence-corrected chi connectivity index (χ1v) is 5.82. The largest absolute Gasteiger partial charge is 0.481 e. The number of nitrogens with zero attached hydrogens (tertiary/aromatic N) is 2. The molecule has 6 heteroatoms. The van der Waals surface area contributed by atoms with Gasteiger partial charge in [0.2, 0.25) is 0 Å². The van der Waals surface area contributed by atoms with Crippen LogP contribution in [-0.2, 0) is 4.79 Å². The molecule has 0 aliphatic heterocycles. The molecule has 0 aliphatic carbocycles. The van der Waals surface area contributed by atoms with E-state index in [-0.39, 0.29) is 11.9 Å². The summed E-state index contributed by atoms with van der Waals surface area (Å²) in [4.78, 5) is 23.9. The van der Waals surface area contributed by atoms with E-state index in [9.17, 15) is 9.59 Å². The highest BCUT2D eigenvalue weighted by Gasteiger charge is 2.26. The molecule has 102 valence electrons. The van der Waals surface area contributed by atoms with Crippen LogP contribution in [0.1, 0.15) is 27.2 Å². The van der Waals surface area contributed by atoms with E-state index >= 15 is 0 Å². The molecule has 1 unspecified atom stereocenters. The highest BCUT2D eigenvalue weighted by molar-refractivity contribution is 5.75. The molecule has 0 aromatic rings. The minimum Gasteiger partial charge on any atom is -0.481 e. The van der Waals surface area contributed by atoms with Gasteiger partial charge in [-0.05, 0) is 27.2 Å². The number of hydrogen-bond acceptors (Lipinski definition) is 3. The average Bonchev–Trinajstić information content (AvgIpc) is 2.27. The summed E-state index contributed by atoms with van der Waals surface area (Å²) in [5.74, 6) is -1.11. The number of rotatable bonds is 6. The quantitative estimate of drug-likeness (QED) is 0.747. The number of hydrogen-bond donors (Lipinski definition) is 2. The minimum atomic E-state index is -0.886. The SMILES string of the molecule is CC(C#N)CN(C)C(=O)NCCC(C)(C)C(=O)O. The van der Waals surface area contributed by atoms with Gasteiger partial charge in [-0.3, -0.25) is 4.79 Å². The molecular weight excluding hydrogens is 234 g/mol. The van der Waals surface area contributed by atoms with Crippen LogP contribution >= 0.6 is 0 Å². The summed E-state index contributed by atoms with van der Waals surface area (Å²) in [5, 5.41) is 20.2. The lowest BCUT2D eigenvalue weighted by molar-refractivity contribution is -0.147. The fourth-order valence-corrected chi connectivity index (χ4v) is 1.26. The van der Waals surface area contributed by atoms with E-state index in [4.69, 9.17) is 10.4 Å². The number of carbonyl (C=O) groups is 2. The van der Waals surface area contributed by atoms with Gasteiger partial charge in [0.25, 0.3) is 0 Å². The van der Waals surface area contributed by atoms with Crippen molar-refractivity contribution in [3.63, 3.8) is 0 Å². The van der Waals surface area contributed by atoms with Gasteiger partial charge < -0.3 is 15.3 Å². The van der Waals surface area contributed by atoms with E-state index in [1.54, 1.807) is 27.8 Å². The number of nitrogens with one attached hydrogen (secondary N) is 1. The second-order valence-corrected chi connectivity index (χ2v) is 5.08. The Kier molecular flexibility index (Phi) is 6.17. The van der Waals surface area contributed by atoms with Crippen LogP contribution in [0.25, 0.3) is 0 Å². The standard InChI is InChI=1S/C12H21N3O3/c1-9(7-13)8-15(4)11(18)14-6-5-12(2,3)10(16)17/h9H,5-6,8H2,1-4H3,(H,14,18)(H,16,17). The summed E-state index contributed by atoms with van der Waals surface area (Å²) in [7, 11) is 1.60. The van der Waals surface area contributed by atoms with E-state index in [2.05, 4.69) is 5.32 Å². The van der Waals surface area contributed by atoms with E-state index < -0.39 is 11.4 Å². The summed E-state index contributed by atoms with van der Waals surface area (Å²) < 4.78 is 0. The second-order valence-electron chi connectivity index (χ2n) is 5.08. The van der Waals surface area contributed by atoms with Gasteiger partial charge in [-0.25, -0.2) is 4.79 Å². The van der Waals surface area contributed by atoms with Gasteiger partial charge in [0, 0.05) is 20.1 Å². The summed E-state index contributed by atoms with van der Waals surface area (Å²) in [6.07, 6.45) is 0.357. The molecule has 0 heterocycles. The fourth-order valence-electron chi connectivity index (χ4n) is 1.26. The number of carbonyl (C=O) groups excluding carboxylic acids is 1. The Morgan fingerprint density at radius 2 is 2.06 bits per heavy atom. The van der Waals surface area contributed by atoms with Crippen LogP contribution in [0.3, 0.4) is 0 Å². The molecule has 0 fully saturated rings. The first kappa shape index (κ1) is 16.2. The molecule has 1 atom stereocenters. The molecule has 0 rings (SSSR count). The van der Waals surface area contributed by atoms with Gasteiger partial charge >= 0.3 is 12.0 Å². The smallest absolute Gasteiger partial charge is 0.317 e. The van der Waals surface area contributed by atoms with Crippen LogP contribution in [0, 0.1) is 22.7 Å². The second kappa shape index (κ2) is 6.84. The number of urea groups is 1. The normalized spacial score (nSPS) is 12.4. The Morgan fingerprint density at radius 1 is 1.50 bits per heavy atom. The zero-order chi connectivity index (χ0) is 14.3. The van der Waals surface area contributed by atoms with Crippen LogP contribution in [0.5, 0.6) is 0 Å². The summed E-state index contributed by atoms with van der Waals surface area (Å²) >= 11 is 0. The molecule has 18 heavy (non-hydrogen) atoms. The third kappa shape index (κ3) is 5.53. The fraction of sp³-hybridized carbons (Fsp3) is 0.750. The topological polar surface area (TPSA) is 93.4 Å². The zero-order valence-corrected chi connectivity index (χ0v) is 11.4. The maximum atomic E-state index is 11.6. The maximum Gasteiger partial charge on any atom is 0.317 e. The van der Waals surface area contributed by atoms with Crippen molar-refractivity contribution in [1.82, 2.24) is 10.2 Å². The Morgan fingerprint density at radius 3 is 2.50 bits per heavy atom. The molecule has 0 aromatic heterocycles. The van der Waals surface area contributed by atoms with Crippen LogP contribution in [0.15, 0.2) is 0 Å². The van der Waals surface area contributed by atoms with Crippen LogP contribution in [0.4, 0.5) is 4.79 Å². The van der Waals surface area contributed by atoms with Crippen molar-refractivity contribution < 1.29 is 14.7 Å². The predicted molar refractivity (Wildman–Crippen MR) is 66.8 cm³/mol. The Labute approximate surface area is 108 Å². The molecule has 0 spiro atoms. The first-order valence-electron chi connectivity index (χ1n) is 5.82. The maximum absolute atomic E-state index is 11.6. The zero-order valence-electron chi connectivity index (χ0n) is 11.4. The summed E-state index contributed by atoms with van der Waals surface area (Å²) in [5.41, 5.74) is -0.855. The summed E-state index contributed by atoms with van der Waals surface area (Å²) in [6, 6.07) is 1.75. The van der Waals surface area contributed by atoms with E-state index in [0.29, 0.717) is 19.5 Å². The minimum absolute atomic E-state index is 0.226. The van der Waals surface area contributed by atoms with Gasteiger partial charge in [-0.2, -0.15) is 5.26 Å². The van der Waals surface area contributed by atoms with Crippen LogP contribution < -0.4 is 5.32 Å². The lowest BCUT2D eigenvalue weighted by Gasteiger charge is -2.22. The van der Waals surface area contributed by atoms with Crippen molar-refractivity contribution in [1.29, 1.82) is 5.26 Å². The molecule has 0 aromatic carbocycles. The van der Waals surface area contributed by atoms with Crippen molar-refractivity contribution in [2.75, 3.05) is 20.1 Å². The Bertz CT molecular complexity index is 347. The molecule has 2 amide bonds. The van der Waals surface area contributed by atoms with Gasteiger partial charge in [0.05, 0.1) is 17.4 Å². The molecule has 6 nitrogen and oxygen atoms in total. The molecule has 0 saturated carbocycles. The van der Waals surface area contributed by atoms with Crippen molar-refractivity contribution in [2.45, 2.75) is 27.2 Å². The molecular formula is C12H21N3O3. The van der Waals surface area contributed by atoms with Crippen molar-refractivity contribution in [2.24, 2.45) is 11.3 Å². The number of carboxylic acids is 1. The number of carboxylic acid groups (broad SMARTS) is 1. The third-order valence-electron chi connectivity index (χ3n) is 2.72. The van der Waals surface area contributed by atoms with Gasteiger partial charge in [-0.15, -0.1) is 0 Å². The third-order valence-corrected chi connectivity index (χ3v) is 2.72. The van der Waals surface area contributed by atoms with Crippen molar-refractivity contribution in [3.05, 3.63) is 0 Å². The lowest BCUT2D eigenvalue weighted by atomic mass is 9.90. The molecule has 0 aliphatic rings. The van der Waals surface area contributed by atoms with E-state index in [1.165, 1.54) is 4.90 Å².